The molecular formula is C37H32N2O2. The molecule has 0 aromatic heterocycles. The van der Waals surface area contributed by atoms with Crippen molar-refractivity contribution in [1.29, 1.82) is 0 Å². The molecule has 0 amide bonds. The molecular weight excluding hydrogens is 504 g/mol. The molecule has 0 fully saturated rings. The number of rotatable bonds is 7. The molecule has 0 spiro atoms. The van der Waals surface area contributed by atoms with Crippen molar-refractivity contribution >= 4 is 17.1 Å². The van der Waals surface area contributed by atoms with Crippen molar-refractivity contribution in [2.75, 3.05) is 10.2 Å². The molecule has 4 aromatic carbocycles. The lowest BCUT2D eigenvalue weighted by Crippen LogP contribution is -2.21. The zero-order valence-corrected chi connectivity index (χ0v) is 23.2. The van der Waals surface area contributed by atoms with Gasteiger partial charge in [0.2, 0.25) is 0 Å². The van der Waals surface area contributed by atoms with Crippen molar-refractivity contribution in [3.63, 3.8) is 0 Å². The average molecular weight is 537 g/mol. The second kappa shape index (κ2) is 11.1. The number of phenolic OH excluding ortho intramolecular Hbond substituents is 1. The van der Waals surface area contributed by atoms with Gasteiger partial charge in [0, 0.05) is 22.8 Å². The number of phenols is 1. The molecule has 0 bridgehead atoms. The Kier molecular flexibility index (Phi) is 7.08. The fourth-order valence-corrected chi connectivity index (χ4v) is 5.21. The molecule has 0 saturated carbocycles. The van der Waals surface area contributed by atoms with Crippen LogP contribution in [0.15, 0.2) is 149 Å². The van der Waals surface area contributed by atoms with Gasteiger partial charge in [0.25, 0.3) is 0 Å². The molecule has 0 heterocycles. The second-order valence-electron chi connectivity index (χ2n) is 10.5. The third kappa shape index (κ3) is 5.74. The van der Waals surface area contributed by atoms with Gasteiger partial charge in [-0.3, -0.25) is 0 Å². The van der Waals surface area contributed by atoms with Gasteiger partial charge in [-0.2, -0.15) is 0 Å². The highest BCUT2D eigenvalue weighted by molar-refractivity contribution is 5.74. The summed E-state index contributed by atoms with van der Waals surface area (Å²) in [5, 5.41) is 22.8. The van der Waals surface area contributed by atoms with Gasteiger partial charge in [0.15, 0.2) is 5.76 Å². The highest BCUT2D eigenvalue weighted by Gasteiger charge is 2.20. The van der Waals surface area contributed by atoms with Crippen molar-refractivity contribution in [2.24, 2.45) is 0 Å². The first kappa shape index (κ1) is 26.1. The quantitative estimate of drug-likeness (QED) is 0.163. The molecule has 41 heavy (non-hydrogen) atoms. The van der Waals surface area contributed by atoms with E-state index in [1.165, 1.54) is 16.8 Å². The maximum atomic E-state index is 10.00. The minimum atomic E-state index is 0.157. The van der Waals surface area contributed by atoms with Crippen LogP contribution in [-0.4, -0.2) is 10.2 Å². The summed E-state index contributed by atoms with van der Waals surface area (Å²) >= 11 is 0. The molecule has 4 heteroatoms. The van der Waals surface area contributed by atoms with Crippen LogP contribution < -0.4 is 10.2 Å². The van der Waals surface area contributed by atoms with Gasteiger partial charge in [-0.25, -0.2) is 0 Å². The molecule has 0 atom stereocenters. The fourth-order valence-electron chi connectivity index (χ4n) is 5.21. The number of nitrogens with one attached hydrogen (secondary N) is 1. The average Bonchev–Trinajstić information content (AvgIpc) is 3.42. The normalized spacial score (nSPS) is 14.4. The zero-order valence-electron chi connectivity index (χ0n) is 23.2. The predicted molar refractivity (Wildman–Crippen MR) is 169 cm³/mol. The number of aliphatic hydroxyl groups is 1. The summed E-state index contributed by atoms with van der Waals surface area (Å²) in [6.07, 6.45) is 7.83. The topological polar surface area (TPSA) is 55.7 Å². The summed E-state index contributed by atoms with van der Waals surface area (Å²) in [5.74, 6) is 0.412. The van der Waals surface area contributed by atoms with Crippen LogP contribution in [0, 0.1) is 0 Å². The van der Waals surface area contributed by atoms with Gasteiger partial charge in [0.1, 0.15) is 5.75 Å². The Morgan fingerprint density at radius 1 is 0.634 bits per heavy atom. The van der Waals surface area contributed by atoms with Crippen molar-refractivity contribution < 1.29 is 10.2 Å². The van der Waals surface area contributed by atoms with E-state index in [1.807, 2.05) is 18.2 Å². The molecule has 0 saturated heterocycles. The van der Waals surface area contributed by atoms with Crippen LogP contribution in [0.4, 0.5) is 17.1 Å². The first-order valence-corrected chi connectivity index (χ1v) is 13.8. The number of aliphatic hydroxyl groups excluding tert-OH is 1. The van der Waals surface area contributed by atoms with E-state index >= 15 is 0 Å². The Morgan fingerprint density at radius 2 is 1.15 bits per heavy atom. The van der Waals surface area contributed by atoms with Crippen molar-refractivity contribution in [2.45, 2.75) is 26.7 Å². The number of hydrogen-bond donors (Lipinski definition) is 3. The van der Waals surface area contributed by atoms with Crippen LogP contribution in [0.1, 0.15) is 26.7 Å². The number of aromatic hydroxyl groups is 1. The summed E-state index contributed by atoms with van der Waals surface area (Å²) in [5.41, 5.74) is 15.4. The zero-order chi connectivity index (χ0) is 28.3. The lowest BCUT2D eigenvalue weighted by Gasteiger charge is -2.30. The fraction of sp³-hybridized carbons (Fsp3) is 0.108. The van der Waals surface area contributed by atoms with Crippen molar-refractivity contribution in [1.82, 2.24) is 0 Å². The molecule has 6 rings (SSSR count). The summed E-state index contributed by atoms with van der Waals surface area (Å²) < 4.78 is 0. The highest BCUT2D eigenvalue weighted by atomic mass is 16.3. The third-order valence-electron chi connectivity index (χ3n) is 7.71. The Balaban J connectivity index is 1.20. The first-order valence-electron chi connectivity index (χ1n) is 13.8. The van der Waals surface area contributed by atoms with Gasteiger partial charge >= 0.3 is 0 Å². The van der Waals surface area contributed by atoms with E-state index in [-0.39, 0.29) is 11.5 Å². The van der Waals surface area contributed by atoms with Crippen molar-refractivity contribution in [3.8, 4) is 28.0 Å². The number of anilines is 3. The van der Waals surface area contributed by atoms with Crippen LogP contribution in [-0.2, 0) is 0 Å². The summed E-state index contributed by atoms with van der Waals surface area (Å²) in [6, 6.07) is 32.6. The van der Waals surface area contributed by atoms with Crippen LogP contribution in [0.5, 0.6) is 5.75 Å². The maximum Gasteiger partial charge on any atom is 0.161 e. The third-order valence-corrected chi connectivity index (χ3v) is 7.71. The van der Waals surface area contributed by atoms with Crippen LogP contribution in [0.2, 0.25) is 0 Å². The lowest BCUT2D eigenvalue weighted by atomic mass is 9.96. The Morgan fingerprint density at radius 3 is 1.66 bits per heavy atom. The number of hydrogen-bond acceptors (Lipinski definition) is 4. The van der Waals surface area contributed by atoms with E-state index in [9.17, 15) is 10.2 Å². The SMILES string of the molecule is CC1=C(C)CCC(N(C2=C=C(O)C=C2)c2ccc(-c3ccc(-c4ccc(Nc5ccc(O)cc5)cc4)cc3)cc2)=C1. The minimum absolute atomic E-state index is 0.157. The van der Waals surface area contributed by atoms with E-state index in [0.29, 0.717) is 0 Å². The van der Waals surface area contributed by atoms with Gasteiger partial charge in [-0.15, -0.1) is 0 Å². The Labute approximate surface area is 241 Å². The van der Waals surface area contributed by atoms with Crippen molar-refractivity contribution in [3.05, 3.63) is 149 Å². The molecule has 0 unspecified atom stereocenters. The second-order valence-corrected chi connectivity index (χ2v) is 10.5. The van der Waals surface area contributed by atoms with Gasteiger partial charge in [0.05, 0.1) is 5.70 Å². The Bertz CT molecular complexity index is 1730. The molecule has 2 aliphatic rings. The molecule has 3 N–H and O–H groups in total. The molecule has 4 aromatic rings. The molecule has 4 nitrogen and oxygen atoms in total. The Hall–Kier alpha value is -5.18. The van der Waals surface area contributed by atoms with Crippen LogP contribution in [0.3, 0.4) is 0 Å². The van der Waals surface area contributed by atoms with E-state index < -0.39 is 0 Å². The minimum Gasteiger partial charge on any atom is -0.508 e. The number of nitrogens with zero attached hydrogens (tertiary/aromatic N) is 1. The van der Waals surface area contributed by atoms with E-state index in [2.05, 4.69) is 109 Å². The van der Waals surface area contributed by atoms with E-state index in [0.717, 1.165) is 57.9 Å². The number of benzene rings is 4. The molecule has 0 aliphatic heterocycles. The predicted octanol–water partition coefficient (Wildman–Crippen LogP) is 9.78. The number of allylic oxidation sites excluding steroid dienone is 5. The lowest BCUT2D eigenvalue weighted by molar-refractivity contribution is 0.435. The summed E-state index contributed by atoms with van der Waals surface area (Å²) in [7, 11) is 0. The molecule has 2 aliphatic carbocycles. The van der Waals surface area contributed by atoms with Crippen LogP contribution >= 0.6 is 0 Å². The monoisotopic (exact) mass is 536 g/mol. The largest absolute Gasteiger partial charge is 0.508 e. The maximum absolute atomic E-state index is 10.00. The summed E-state index contributed by atoms with van der Waals surface area (Å²) in [4.78, 5) is 2.20. The van der Waals surface area contributed by atoms with Gasteiger partial charge < -0.3 is 20.4 Å². The van der Waals surface area contributed by atoms with Gasteiger partial charge in [-0.1, -0.05) is 59.7 Å². The molecule has 0 radical (unpaired) electrons. The molecule has 202 valence electrons. The standard InChI is InChI=1S/C37H32N2O2/c1-25-3-16-34(23-26(25)2)39(35-19-22-37(41)24-35)33-17-10-30(11-18-33)28-6-4-27(5-7-28)29-8-12-31(13-9-29)38-32-14-20-36(40)21-15-32/h4-15,17-23,38,40-41H,3,16H2,1-2H3. The first-order chi connectivity index (χ1) is 19.9. The van der Waals surface area contributed by atoms with E-state index in [1.54, 1.807) is 18.2 Å². The smallest absolute Gasteiger partial charge is 0.161 e. The highest BCUT2D eigenvalue weighted by Crippen LogP contribution is 2.35. The van der Waals surface area contributed by atoms with Crippen LogP contribution in [0.25, 0.3) is 22.3 Å². The van der Waals surface area contributed by atoms with Gasteiger partial charge in [-0.05, 0) is 121 Å². The van der Waals surface area contributed by atoms with E-state index in [4.69, 9.17) is 0 Å². The summed E-state index contributed by atoms with van der Waals surface area (Å²) in [6.45, 7) is 4.36.